The standard InChI is InChI=1S/C13H12N4/c1-4-12-11(3-2-6-15-12)13(5-1)16-8-10-7-14-9-17-10/h1-7,9,16H,8H2,(H,14,17). The zero-order valence-corrected chi connectivity index (χ0v) is 9.22. The van der Waals surface area contributed by atoms with Crippen molar-refractivity contribution in [1.82, 2.24) is 15.0 Å². The molecule has 0 fully saturated rings. The van der Waals surface area contributed by atoms with Gasteiger partial charge in [0.1, 0.15) is 0 Å². The first-order valence-electron chi connectivity index (χ1n) is 5.48. The summed E-state index contributed by atoms with van der Waals surface area (Å²) >= 11 is 0. The van der Waals surface area contributed by atoms with Crippen LogP contribution in [0.4, 0.5) is 5.69 Å². The zero-order valence-electron chi connectivity index (χ0n) is 9.22. The van der Waals surface area contributed by atoms with Gasteiger partial charge < -0.3 is 10.3 Å². The highest BCUT2D eigenvalue weighted by molar-refractivity contribution is 5.91. The number of nitrogens with one attached hydrogen (secondary N) is 2. The number of anilines is 1. The average molecular weight is 224 g/mol. The molecule has 84 valence electrons. The maximum Gasteiger partial charge on any atom is 0.0922 e. The highest BCUT2D eigenvalue weighted by Crippen LogP contribution is 2.21. The molecule has 4 heteroatoms. The van der Waals surface area contributed by atoms with Crippen molar-refractivity contribution >= 4 is 16.6 Å². The second-order valence-corrected chi connectivity index (χ2v) is 3.81. The fourth-order valence-electron chi connectivity index (χ4n) is 1.83. The molecule has 3 rings (SSSR count). The van der Waals surface area contributed by atoms with Gasteiger partial charge in [-0.05, 0) is 24.3 Å². The van der Waals surface area contributed by atoms with Gasteiger partial charge in [-0.15, -0.1) is 0 Å². The molecule has 0 radical (unpaired) electrons. The fourth-order valence-corrected chi connectivity index (χ4v) is 1.83. The molecule has 0 atom stereocenters. The summed E-state index contributed by atoms with van der Waals surface area (Å²) in [5.74, 6) is 0. The highest BCUT2D eigenvalue weighted by Gasteiger charge is 2.00. The number of fused-ring (bicyclic) bond motifs is 1. The van der Waals surface area contributed by atoms with Gasteiger partial charge in [0.25, 0.3) is 0 Å². The van der Waals surface area contributed by atoms with E-state index in [2.05, 4.69) is 32.4 Å². The second kappa shape index (κ2) is 4.25. The minimum absolute atomic E-state index is 0.730. The van der Waals surface area contributed by atoms with Crippen LogP contribution in [-0.4, -0.2) is 15.0 Å². The number of aromatic nitrogens is 3. The Kier molecular flexibility index (Phi) is 2.46. The van der Waals surface area contributed by atoms with Crippen molar-refractivity contribution in [3.63, 3.8) is 0 Å². The summed E-state index contributed by atoms with van der Waals surface area (Å²) in [6, 6.07) is 10.1. The van der Waals surface area contributed by atoms with E-state index in [9.17, 15) is 0 Å². The van der Waals surface area contributed by atoms with Crippen LogP contribution in [0.3, 0.4) is 0 Å². The molecule has 0 amide bonds. The lowest BCUT2D eigenvalue weighted by Crippen LogP contribution is -2.00. The molecular weight excluding hydrogens is 212 g/mol. The second-order valence-electron chi connectivity index (χ2n) is 3.81. The number of H-pyrrole nitrogens is 1. The summed E-state index contributed by atoms with van der Waals surface area (Å²) in [5.41, 5.74) is 3.15. The molecule has 0 aliphatic rings. The maximum atomic E-state index is 4.33. The van der Waals surface area contributed by atoms with E-state index in [1.54, 1.807) is 12.5 Å². The fraction of sp³-hybridized carbons (Fsp3) is 0.0769. The van der Waals surface area contributed by atoms with Crippen LogP contribution in [-0.2, 0) is 6.54 Å². The van der Waals surface area contributed by atoms with E-state index in [4.69, 9.17) is 0 Å². The lowest BCUT2D eigenvalue weighted by molar-refractivity contribution is 1.08. The van der Waals surface area contributed by atoms with Crippen molar-refractivity contribution in [3.05, 3.63) is 54.7 Å². The Morgan fingerprint density at radius 2 is 2.18 bits per heavy atom. The number of hydrogen-bond acceptors (Lipinski definition) is 3. The van der Waals surface area contributed by atoms with Crippen LogP contribution in [0.2, 0.25) is 0 Å². The molecular formula is C13H12N4. The number of imidazole rings is 1. The van der Waals surface area contributed by atoms with Crippen LogP contribution in [0, 0.1) is 0 Å². The first-order chi connectivity index (χ1) is 8.43. The Morgan fingerprint density at radius 1 is 1.18 bits per heavy atom. The first kappa shape index (κ1) is 9.84. The summed E-state index contributed by atoms with van der Waals surface area (Å²) in [5, 5.41) is 4.51. The van der Waals surface area contributed by atoms with Gasteiger partial charge in [0.15, 0.2) is 0 Å². The van der Waals surface area contributed by atoms with Gasteiger partial charge in [0.05, 0.1) is 24.1 Å². The smallest absolute Gasteiger partial charge is 0.0922 e. The molecule has 2 N–H and O–H groups in total. The largest absolute Gasteiger partial charge is 0.379 e. The third-order valence-electron chi connectivity index (χ3n) is 2.67. The Hall–Kier alpha value is -2.36. The molecule has 4 nitrogen and oxygen atoms in total. The van der Waals surface area contributed by atoms with Crippen LogP contribution in [0.5, 0.6) is 0 Å². The van der Waals surface area contributed by atoms with Crippen molar-refractivity contribution in [2.75, 3.05) is 5.32 Å². The summed E-state index contributed by atoms with van der Waals surface area (Å²) in [7, 11) is 0. The molecule has 0 saturated heterocycles. The summed E-state index contributed by atoms with van der Waals surface area (Å²) in [6.45, 7) is 0.730. The van der Waals surface area contributed by atoms with Crippen LogP contribution in [0.1, 0.15) is 5.69 Å². The van der Waals surface area contributed by atoms with Gasteiger partial charge in [0, 0.05) is 23.5 Å². The minimum atomic E-state index is 0.730. The molecule has 2 aromatic heterocycles. The van der Waals surface area contributed by atoms with Crippen molar-refractivity contribution in [1.29, 1.82) is 0 Å². The minimum Gasteiger partial charge on any atom is -0.379 e. The third kappa shape index (κ3) is 1.97. The Morgan fingerprint density at radius 3 is 3.06 bits per heavy atom. The Bertz CT molecular complexity index is 611. The van der Waals surface area contributed by atoms with E-state index in [0.29, 0.717) is 0 Å². The van der Waals surface area contributed by atoms with Gasteiger partial charge in [-0.3, -0.25) is 4.98 Å². The lowest BCUT2D eigenvalue weighted by atomic mass is 10.2. The van der Waals surface area contributed by atoms with E-state index in [1.807, 2.05) is 24.4 Å². The Balaban J connectivity index is 1.90. The molecule has 0 bridgehead atoms. The van der Waals surface area contributed by atoms with Gasteiger partial charge in [-0.2, -0.15) is 0 Å². The van der Waals surface area contributed by atoms with Crippen LogP contribution >= 0.6 is 0 Å². The van der Waals surface area contributed by atoms with E-state index in [1.165, 1.54) is 0 Å². The van der Waals surface area contributed by atoms with E-state index in [0.717, 1.165) is 28.8 Å². The molecule has 0 aliphatic heterocycles. The molecule has 0 saturated carbocycles. The van der Waals surface area contributed by atoms with Crippen molar-refractivity contribution in [2.24, 2.45) is 0 Å². The topological polar surface area (TPSA) is 53.6 Å². The first-order valence-corrected chi connectivity index (χ1v) is 5.48. The molecule has 0 unspecified atom stereocenters. The lowest BCUT2D eigenvalue weighted by Gasteiger charge is -2.07. The van der Waals surface area contributed by atoms with E-state index >= 15 is 0 Å². The summed E-state index contributed by atoms with van der Waals surface area (Å²) in [4.78, 5) is 11.4. The monoisotopic (exact) mass is 224 g/mol. The van der Waals surface area contributed by atoms with Gasteiger partial charge in [0.2, 0.25) is 0 Å². The SMILES string of the molecule is c1cc(NCc2cnc[nH]2)c2cccnc2c1. The molecule has 0 spiro atoms. The van der Waals surface area contributed by atoms with E-state index in [-0.39, 0.29) is 0 Å². The molecule has 17 heavy (non-hydrogen) atoms. The molecule has 3 aromatic rings. The molecule has 2 heterocycles. The van der Waals surface area contributed by atoms with Crippen LogP contribution in [0.25, 0.3) is 10.9 Å². The molecule has 1 aromatic carbocycles. The number of pyridine rings is 1. The average Bonchev–Trinajstić information content (AvgIpc) is 2.89. The number of aromatic amines is 1. The number of rotatable bonds is 3. The predicted octanol–water partition coefficient (Wildman–Crippen LogP) is 2.57. The summed E-state index contributed by atoms with van der Waals surface area (Å²) < 4.78 is 0. The number of benzene rings is 1. The quantitative estimate of drug-likeness (QED) is 0.719. The number of hydrogen-bond donors (Lipinski definition) is 2. The van der Waals surface area contributed by atoms with Gasteiger partial charge >= 0.3 is 0 Å². The molecule has 0 aliphatic carbocycles. The Labute approximate surface area is 98.7 Å². The van der Waals surface area contributed by atoms with Gasteiger partial charge in [-0.1, -0.05) is 6.07 Å². The van der Waals surface area contributed by atoms with Gasteiger partial charge in [-0.25, -0.2) is 4.98 Å². The maximum absolute atomic E-state index is 4.33. The predicted molar refractivity (Wildman–Crippen MR) is 67.7 cm³/mol. The van der Waals surface area contributed by atoms with Crippen LogP contribution < -0.4 is 5.32 Å². The van der Waals surface area contributed by atoms with Crippen molar-refractivity contribution in [2.45, 2.75) is 6.54 Å². The normalized spacial score (nSPS) is 10.6. The van der Waals surface area contributed by atoms with Crippen molar-refractivity contribution in [3.8, 4) is 0 Å². The third-order valence-corrected chi connectivity index (χ3v) is 2.67. The van der Waals surface area contributed by atoms with Crippen LogP contribution in [0.15, 0.2) is 49.1 Å². The summed E-state index contributed by atoms with van der Waals surface area (Å²) in [6.07, 6.45) is 5.30. The number of nitrogens with zero attached hydrogens (tertiary/aromatic N) is 2. The van der Waals surface area contributed by atoms with E-state index < -0.39 is 0 Å². The zero-order chi connectivity index (χ0) is 11.5. The highest BCUT2D eigenvalue weighted by atomic mass is 14.9. The van der Waals surface area contributed by atoms with Crippen molar-refractivity contribution < 1.29 is 0 Å².